The summed E-state index contributed by atoms with van der Waals surface area (Å²) in [4.78, 5) is 28.0. The van der Waals surface area contributed by atoms with Gasteiger partial charge in [0.25, 0.3) is 5.56 Å². The van der Waals surface area contributed by atoms with E-state index in [1.807, 2.05) is 0 Å². The molecule has 0 bridgehead atoms. The Morgan fingerprint density at radius 2 is 1.89 bits per heavy atom. The van der Waals surface area contributed by atoms with Crippen molar-refractivity contribution >= 4 is 29.8 Å². The molecule has 184 valence electrons. The molecule has 3 heterocycles. The molecule has 0 unspecified atom stereocenters. The van der Waals surface area contributed by atoms with Crippen molar-refractivity contribution < 1.29 is 23.1 Å². The number of nitrogens with zero attached hydrogens (tertiary/aromatic N) is 4. The summed E-state index contributed by atoms with van der Waals surface area (Å²) >= 11 is 0. The molecule has 4 rings (SSSR count). The molecule has 13 heteroatoms. The van der Waals surface area contributed by atoms with Crippen LogP contribution in [-0.4, -0.2) is 49.6 Å². The molecule has 0 atom stereocenters. The number of hydrogen-bond donors (Lipinski definition) is 3. The van der Waals surface area contributed by atoms with E-state index in [2.05, 4.69) is 15.4 Å². The Balaban J connectivity index is 0.00000342. The summed E-state index contributed by atoms with van der Waals surface area (Å²) in [5.41, 5.74) is 3.23. The summed E-state index contributed by atoms with van der Waals surface area (Å²) in [6, 6.07) is 12.2. The number of amides is 2. The molecule has 9 nitrogen and oxygen atoms in total. The van der Waals surface area contributed by atoms with E-state index in [1.54, 1.807) is 64.6 Å². The van der Waals surface area contributed by atoms with Gasteiger partial charge in [0.2, 0.25) is 0 Å². The number of halogens is 4. The number of anilines is 1. The lowest BCUT2D eigenvalue weighted by Gasteiger charge is -2.11. The molecule has 2 amide bonds. The first-order valence-corrected chi connectivity index (χ1v) is 10.1. The maximum Gasteiger partial charge on any atom is 0.405 e. The van der Waals surface area contributed by atoms with Crippen molar-refractivity contribution in [3.63, 3.8) is 0 Å². The van der Waals surface area contributed by atoms with E-state index in [0.717, 1.165) is 0 Å². The fourth-order valence-electron chi connectivity index (χ4n) is 3.32. The van der Waals surface area contributed by atoms with Crippen LogP contribution in [0.15, 0.2) is 65.7 Å². The summed E-state index contributed by atoms with van der Waals surface area (Å²) in [6.07, 6.45) is -1.10. The number of alkyl halides is 3. The van der Waals surface area contributed by atoms with E-state index < -0.39 is 18.8 Å². The van der Waals surface area contributed by atoms with Crippen LogP contribution in [0.1, 0.15) is 0 Å². The van der Waals surface area contributed by atoms with E-state index in [1.165, 1.54) is 10.7 Å². The Morgan fingerprint density at radius 1 is 1.09 bits per heavy atom. The molecule has 3 N–H and O–H groups in total. The van der Waals surface area contributed by atoms with Crippen LogP contribution >= 0.6 is 12.4 Å². The zero-order chi connectivity index (χ0) is 24.3. The van der Waals surface area contributed by atoms with Gasteiger partial charge in [-0.05, 0) is 30.3 Å². The molecule has 0 saturated heterocycles. The highest BCUT2D eigenvalue weighted by Crippen LogP contribution is 2.26. The molecule has 35 heavy (non-hydrogen) atoms. The second-order valence-electron chi connectivity index (χ2n) is 7.29. The van der Waals surface area contributed by atoms with Gasteiger partial charge in [-0.25, -0.2) is 14.5 Å². The number of rotatable bonds is 6. The number of imidazole rings is 1. The molecule has 0 radical (unpaired) electrons. The minimum atomic E-state index is -4.50. The number of pyridine rings is 1. The molecule has 0 fully saturated rings. The number of aromatic nitrogens is 4. The van der Waals surface area contributed by atoms with Crippen LogP contribution in [0.3, 0.4) is 0 Å². The monoisotopic (exact) mass is 508 g/mol. The molecule has 0 spiro atoms. The molecular weight excluding hydrogens is 489 g/mol. The van der Waals surface area contributed by atoms with Crippen molar-refractivity contribution in [3.05, 3.63) is 71.3 Å². The van der Waals surface area contributed by atoms with Gasteiger partial charge in [0.1, 0.15) is 12.2 Å². The lowest BCUT2D eigenvalue weighted by molar-refractivity contribution is -0.122. The second kappa shape index (κ2) is 10.6. The zero-order valence-corrected chi connectivity index (χ0v) is 18.8. The van der Waals surface area contributed by atoms with E-state index >= 15 is 0 Å². The van der Waals surface area contributed by atoms with E-state index in [4.69, 9.17) is 5.11 Å². The van der Waals surface area contributed by atoms with Crippen LogP contribution in [0.4, 0.5) is 23.7 Å². The van der Waals surface area contributed by atoms with Crippen LogP contribution in [0, 0.1) is 0 Å². The lowest BCUT2D eigenvalue weighted by atomic mass is 10.1. The van der Waals surface area contributed by atoms with Crippen LogP contribution in [0.2, 0.25) is 0 Å². The first kappa shape index (κ1) is 25.7. The maximum absolute atomic E-state index is 12.3. The molecular formula is C22H20ClF3N6O3. The number of urea groups is 1. The Bertz CT molecular complexity index is 1400. The number of hydrogen-bond acceptors (Lipinski definition) is 5. The summed E-state index contributed by atoms with van der Waals surface area (Å²) in [5, 5.41) is 17.5. The van der Waals surface area contributed by atoms with E-state index in [-0.39, 0.29) is 31.1 Å². The number of carbonyl (C=O) groups is 1. The second-order valence-corrected chi connectivity index (χ2v) is 7.29. The molecule has 0 aliphatic rings. The van der Waals surface area contributed by atoms with E-state index in [0.29, 0.717) is 33.8 Å². The third kappa shape index (κ3) is 6.16. The van der Waals surface area contributed by atoms with Gasteiger partial charge in [0.15, 0.2) is 0 Å². The predicted molar refractivity (Wildman–Crippen MR) is 126 cm³/mol. The lowest BCUT2D eigenvalue weighted by Crippen LogP contribution is -2.36. The molecule has 3 aromatic heterocycles. The minimum Gasteiger partial charge on any atom is -0.394 e. The van der Waals surface area contributed by atoms with Gasteiger partial charge in [-0.3, -0.25) is 9.20 Å². The Labute approximate surface area is 202 Å². The molecule has 4 aromatic rings. The van der Waals surface area contributed by atoms with Gasteiger partial charge < -0.3 is 15.7 Å². The predicted octanol–water partition coefficient (Wildman–Crippen LogP) is 3.32. The van der Waals surface area contributed by atoms with Crippen LogP contribution in [0.5, 0.6) is 0 Å². The smallest absolute Gasteiger partial charge is 0.394 e. The molecule has 0 saturated carbocycles. The van der Waals surface area contributed by atoms with Crippen molar-refractivity contribution in [1.82, 2.24) is 24.5 Å². The van der Waals surface area contributed by atoms with Gasteiger partial charge in [-0.1, -0.05) is 12.1 Å². The van der Waals surface area contributed by atoms with Gasteiger partial charge in [-0.2, -0.15) is 18.3 Å². The van der Waals surface area contributed by atoms with Gasteiger partial charge in [-0.15, -0.1) is 12.4 Å². The van der Waals surface area contributed by atoms with Crippen molar-refractivity contribution in [2.45, 2.75) is 12.7 Å². The topological polar surface area (TPSA) is 114 Å². The maximum atomic E-state index is 12.3. The highest BCUT2D eigenvalue weighted by atomic mass is 35.5. The third-order valence-electron chi connectivity index (χ3n) is 4.85. The van der Waals surface area contributed by atoms with Gasteiger partial charge >= 0.3 is 12.2 Å². The first-order valence-electron chi connectivity index (χ1n) is 10.1. The summed E-state index contributed by atoms with van der Waals surface area (Å²) in [6.45, 7) is -1.56. The number of aliphatic hydroxyl groups is 1. The Kier molecular flexibility index (Phi) is 7.77. The first-order chi connectivity index (χ1) is 16.2. The van der Waals surface area contributed by atoms with Crippen molar-refractivity contribution in [3.8, 4) is 22.5 Å². The van der Waals surface area contributed by atoms with Crippen LogP contribution in [-0.2, 0) is 6.54 Å². The minimum absolute atomic E-state index is 0. The quantitative estimate of drug-likeness (QED) is 0.370. The number of fused-ring (bicyclic) bond motifs is 1. The standard InChI is InChI=1S/C22H19F3N6O3.ClH/c23-22(24,25)13-27-21(34)28-16-3-1-2-15(10-16)18-12-26-19-11-14(6-7-30(18)19)17-4-5-20(33)31(29-17)8-9-32;/h1-7,10-12,32H,8-9,13H2,(H2,27,28,34);1H. The third-order valence-corrected chi connectivity index (χ3v) is 4.85. The Morgan fingerprint density at radius 3 is 2.63 bits per heavy atom. The SMILES string of the molecule is Cl.O=C(NCC(F)(F)F)Nc1cccc(-c2cnc3cc(-c4ccc(=O)n(CCO)n4)ccn23)c1. The van der Waals surface area contributed by atoms with Crippen LogP contribution < -0.4 is 16.2 Å². The fourth-order valence-corrected chi connectivity index (χ4v) is 3.32. The number of aliphatic hydroxyl groups excluding tert-OH is 1. The Hall–Kier alpha value is -3.90. The van der Waals surface area contributed by atoms with Crippen molar-refractivity contribution in [2.75, 3.05) is 18.5 Å². The van der Waals surface area contributed by atoms with Gasteiger partial charge in [0, 0.05) is 29.1 Å². The largest absolute Gasteiger partial charge is 0.405 e. The summed E-state index contributed by atoms with van der Waals surface area (Å²) < 4.78 is 39.8. The summed E-state index contributed by atoms with van der Waals surface area (Å²) in [7, 11) is 0. The molecule has 0 aliphatic carbocycles. The summed E-state index contributed by atoms with van der Waals surface area (Å²) in [5.74, 6) is 0. The normalized spacial score (nSPS) is 11.2. The van der Waals surface area contributed by atoms with Crippen molar-refractivity contribution in [2.24, 2.45) is 0 Å². The number of benzene rings is 1. The van der Waals surface area contributed by atoms with Gasteiger partial charge in [0.05, 0.1) is 30.7 Å². The van der Waals surface area contributed by atoms with E-state index in [9.17, 15) is 22.8 Å². The van der Waals surface area contributed by atoms with Crippen LogP contribution in [0.25, 0.3) is 28.2 Å². The highest BCUT2D eigenvalue weighted by molar-refractivity contribution is 5.90. The average molecular weight is 509 g/mol. The molecule has 1 aromatic carbocycles. The average Bonchev–Trinajstić information content (AvgIpc) is 3.22. The fraction of sp³-hybridized carbons (Fsp3) is 0.182. The molecule has 0 aliphatic heterocycles. The number of nitrogens with one attached hydrogen (secondary N) is 2. The zero-order valence-electron chi connectivity index (χ0n) is 18.0. The van der Waals surface area contributed by atoms with Crippen molar-refractivity contribution in [1.29, 1.82) is 0 Å². The highest BCUT2D eigenvalue weighted by Gasteiger charge is 2.27. The number of carbonyl (C=O) groups excluding carboxylic acids is 1.